The maximum Gasteiger partial charge on any atom is 0.339 e. The van der Waals surface area contributed by atoms with Gasteiger partial charge in [-0.2, -0.15) is 0 Å². The Labute approximate surface area is 101 Å². The first-order valence-corrected chi connectivity index (χ1v) is 5.11. The van der Waals surface area contributed by atoms with Crippen LogP contribution in [0.1, 0.15) is 21.8 Å². The highest BCUT2D eigenvalue weighted by atomic mass is 19.1. The fraction of sp³-hybridized carbons (Fsp3) is 0.182. The van der Waals surface area contributed by atoms with E-state index in [0.29, 0.717) is 5.76 Å². The minimum atomic E-state index is -1.25. The number of rotatable bonds is 4. The predicted molar refractivity (Wildman–Crippen MR) is 59.7 cm³/mol. The predicted octanol–water partition coefficient (Wildman–Crippen LogP) is 1.83. The molecule has 0 aliphatic rings. The van der Waals surface area contributed by atoms with Crippen LogP contribution in [-0.4, -0.2) is 21.2 Å². The average Bonchev–Trinajstić information content (AvgIpc) is 2.73. The lowest BCUT2D eigenvalue weighted by Crippen LogP contribution is -2.08. The zero-order valence-corrected chi connectivity index (χ0v) is 9.48. The molecule has 2 rings (SSSR count). The zero-order chi connectivity index (χ0) is 13.1. The Hall–Kier alpha value is -2.44. The molecule has 2 aromatic heterocycles. The van der Waals surface area contributed by atoms with E-state index in [1.54, 1.807) is 13.0 Å². The molecule has 0 fully saturated rings. The number of pyridine rings is 1. The third-order valence-corrected chi connectivity index (χ3v) is 2.19. The number of aromatic nitrogens is 2. The van der Waals surface area contributed by atoms with Gasteiger partial charge in [0, 0.05) is 6.07 Å². The molecule has 94 valence electrons. The van der Waals surface area contributed by atoms with Crippen molar-refractivity contribution in [2.45, 2.75) is 13.5 Å². The summed E-state index contributed by atoms with van der Waals surface area (Å²) in [5.74, 6) is -1.33. The lowest BCUT2D eigenvalue weighted by atomic mass is 10.2. The summed E-state index contributed by atoms with van der Waals surface area (Å²) in [6.45, 7) is 1.99. The van der Waals surface area contributed by atoms with Gasteiger partial charge in [-0.05, 0) is 13.0 Å². The van der Waals surface area contributed by atoms with Crippen molar-refractivity contribution in [1.29, 1.82) is 0 Å². The topological polar surface area (TPSA) is 88.2 Å². The van der Waals surface area contributed by atoms with Gasteiger partial charge in [0.25, 0.3) is 0 Å². The van der Waals surface area contributed by atoms with Crippen LogP contribution in [0.2, 0.25) is 0 Å². The number of hydrogen-bond acceptors (Lipinski definition) is 5. The standard InChI is InChI=1S/C11H10FN3O3/c1-6-2-8(18-15-6)5-14-10-9(11(16)17)3-7(12)4-13-10/h2-4H,5H2,1H3,(H,13,14)(H,16,17). The summed E-state index contributed by atoms with van der Waals surface area (Å²) in [5, 5.41) is 15.4. The number of carbonyl (C=O) groups is 1. The van der Waals surface area contributed by atoms with Crippen LogP contribution in [0.3, 0.4) is 0 Å². The fourth-order valence-corrected chi connectivity index (χ4v) is 1.41. The molecule has 0 radical (unpaired) electrons. The molecular weight excluding hydrogens is 241 g/mol. The van der Waals surface area contributed by atoms with Crippen molar-refractivity contribution >= 4 is 11.8 Å². The van der Waals surface area contributed by atoms with Crippen molar-refractivity contribution < 1.29 is 18.8 Å². The summed E-state index contributed by atoms with van der Waals surface area (Å²) >= 11 is 0. The Morgan fingerprint density at radius 3 is 2.94 bits per heavy atom. The number of carboxylic acid groups (broad SMARTS) is 1. The number of aryl methyl sites for hydroxylation is 1. The number of anilines is 1. The summed E-state index contributed by atoms with van der Waals surface area (Å²) in [7, 11) is 0. The monoisotopic (exact) mass is 251 g/mol. The van der Waals surface area contributed by atoms with Gasteiger partial charge in [-0.15, -0.1) is 0 Å². The minimum Gasteiger partial charge on any atom is -0.478 e. The van der Waals surface area contributed by atoms with Gasteiger partial charge in [0.1, 0.15) is 17.2 Å². The lowest BCUT2D eigenvalue weighted by molar-refractivity contribution is 0.0697. The fourth-order valence-electron chi connectivity index (χ4n) is 1.41. The first kappa shape index (κ1) is 12.0. The van der Waals surface area contributed by atoms with Crippen LogP contribution in [0.15, 0.2) is 22.9 Å². The van der Waals surface area contributed by atoms with Crippen LogP contribution in [0, 0.1) is 12.7 Å². The second-order valence-corrected chi connectivity index (χ2v) is 3.64. The molecule has 0 spiro atoms. The number of hydrogen-bond donors (Lipinski definition) is 2. The van der Waals surface area contributed by atoms with Crippen LogP contribution < -0.4 is 5.32 Å². The largest absolute Gasteiger partial charge is 0.478 e. The summed E-state index contributed by atoms with van der Waals surface area (Å²) in [4.78, 5) is 14.6. The van der Waals surface area contributed by atoms with Gasteiger partial charge in [0.2, 0.25) is 0 Å². The van der Waals surface area contributed by atoms with E-state index in [1.807, 2.05) is 0 Å². The van der Waals surface area contributed by atoms with Gasteiger partial charge in [0.15, 0.2) is 5.76 Å². The third-order valence-electron chi connectivity index (χ3n) is 2.19. The Kier molecular flexibility index (Phi) is 3.22. The smallest absolute Gasteiger partial charge is 0.339 e. The van der Waals surface area contributed by atoms with E-state index in [0.717, 1.165) is 18.0 Å². The lowest BCUT2D eigenvalue weighted by Gasteiger charge is -2.06. The van der Waals surface area contributed by atoms with Crippen molar-refractivity contribution in [3.8, 4) is 0 Å². The zero-order valence-electron chi connectivity index (χ0n) is 9.48. The average molecular weight is 251 g/mol. The summed E-state index contributed by atoms with van der Waals surface area (Å²) in [5.41, 5.74) is 0.489. The van der Waals surface area contributed by atoms with Crippen LogP contribution in [0.25, 0.3) is 0 Å². The molecule has 18 heavy (non-hydrogen) atoms. The van der Waals surface area contributed by atoms with Gasteiger partial charge < -0.3 is 14.9 Å². The number of aromatic carboxylic acids is 1. The minimum absolute atomic E-state index is 0.0814. The van der Waals surface area contributed by atoms with Crippen LogP contribution in [-0.2, 0) is 6.54 Å². The number of nitrogens with zero attached hydrogens (tertiary/aromatic N) is 2. The third kappa shape index (κ3) is 2.62. The molecule has 0 saturated heterocycles. The maximum absolute atomic E-state index is 12.9. The van der Waals surface area contributed by atoms with E-state index in [2.05, 4.69) is 15.5 Å². The molecule has 0 unspecified atom stereocenters. The van der Waals surface area contributed by atoms with Crippen LogP contribution in [0.5, 0.6) is 0 Å². The van der Waals surface area contributed by atoms with Gasteiger partial charge in [-0.3, -0.25) is 0 Å². The molecule has 0 aromatic carbocycles. The van der Waals surface area contributed by atoms with E-state index >= 15 is 0 Å². The van der Waals surface area contributed by atoms with Gasteiger partial charge in [-0.25, -0.2) is 14.2 Å². The molecule has 0 amide bonds. The van der Waals surface area contributed by atoms with Crippen molar-refractivity contribution in [2.75, 3.05) is 5.32 Å². The SMILES string of the molecule is Cc1cc(CNc2ncc(F)cc2C(=O)O)on1. The van der Waals surface area contributed by atoms with Crippen molar-refractivity contribution in [3.63, 3.8) is 0 Å². The molecule has 6 nitrogen and oxygen atoms in total. The van der Waals surface area contributed by atoms with E-state index in [-0.39, 0.29) is 17.9 Å². The highest BCUT2D eigenvalue weighted by Gasteiger charge is 2.13. The number of carboxylic acids is 1. The van der Waals surface area contributed by atoms with E-state index < -0.39 is 11.8 Å². The Morgan fingerprint density at radius 2 is 2.33 bits per heavy atom. The van der Waals surface area contributed by atoms with Gasteiger partial charge in [-0.1, -0.05) is 5.16 Å². The first-order chi connectivity index (χ1) is 8.56. The van der Waals surface area contributed by atoms with Crippen molar-refractivity contribution in [3.05, 3.63) is 41.2 Å². The number of nitrogens with one attached hydrogen (secondary N) is 1. The summed E-state index contributed by atoms with van der Waals surface area (Å²) < 4.78 is 17.8. The second-order valence-electron chi connectivity index (χ2n) is 3.64. The van der Waals surface area contributed by atoms with Crippen molar-refractivity contribution in [2.24, 2.45) is 0 Å². The molecule has 2 heterocycles. The van der Waals surface area contributed by atoms with Crippen molar-refractivity contribution in [1.82, 2.24) is 10.1 Å². The normalized spacial score (nSPS) is 10.3. The molecule has 2 aromatic rings. The van der Waals surface area contributed by atoms with E-state index in [9.17, 15) is 9.18 Å². The van der Waals surface area contributed by atoms with E-state index in [1.165, 1.54) is 0 Å². The molecule has 0 saturated carbocycles. The Bertz CT molecular complexity index is 583. The first-order valence-electron chi connectivity index (χ1n) is 5.11. The molecule has 0 aliphatic carbocycles. The van der Waals surface area contributed by atoms with Crippen LogP contribution in [0.4, 0.5) is 10.2 Å². The molecule has 0 aliphatic heterocycles. The molecule has 2 N–H and O–H groups in total. The highest BCUT2D eigenvalue weighted by molar-refractivity contribution is 5.93. The number of halogens is 1. The van der Waals surface area contributed by atoms with Crippen LogP contribution >= 0.6 is 0 Å². The quantitative estimate of drug-likeness (QED) is 0.861. The molecular formula is C11H10FN3O3. The van der Waals surface area contributed by atoms with Gasteiger partial charge in [0.05, 0.1) is 18.4 Å². The van der Waals surface area contributed by atoms with E-state index in [4.69, 9.17) is 9.63 Å². The Morgan fingerprint density at radius 1 is 1.56 bits per heavy atom. The molecule has 7 heteroatoms. The maximum atomic E-state index is 12.9. The highest BCUT2D eigenvalue weighted by Crippen LogP contribution is 2.15. The second kappa shape index (κ2) is 4.82. The summed E-state index contributed by atoms with van der Waals surface area (Å²) in [6, 6.07) is 2.61. The molecule has 0 atom stereocenters. The summed E-state index contributed by atoms with van der Waals surface area (Å²) in [6.07, 6.45) is 0.945. The Balaban J connectivity index is 2.16. The molecule has 0 bridgehead atoms. The van der Waals surface area contributed by atoms with Gasteiger partial charge >= 0.3 is 5.97 Å².